The number of rotatable bonds is 8. The molecule has 1 unspecified atom stereocenters. The van der Waals surface area contributed by atoms with Crippen LogP contribution < -0.4 is 11.1 Å². The van der Waals surface area contributed by atoms with Gasteiger partial charge in [0.05, 0.1) is 0 Å². The zero-order chi connectivity index (χ0) is 18.1. The van der Waals surface area contributed by atoms with Crippen LogP contribution in [0.4, 0.5) is 0 Å². The van der Waals surface area contributed by atoms with Crippen molar-refractivity contribution in [3.05, 3.63) is 0 Å². The standard InChI is InChI=1S/C14H26N2O7.ClH/c1-2-4-9(17)16-11-13(20)12(19)8(23-14(11)21)7-22-10(18)5-3-6-15;/h8,11-14,19-21H,2-7,15H2,1H3,(H,16,17);1H/t8-,11-,12-,13-,14?;/m1./s1/i1D;. The number of hydrogen-bond acceptors (Lipinski definition) is 8. The van der Waals surface area contributed by atoms with Crippen molar-refractivity contribution in [2.45, 2.75) is 63.2 Å². The van der Waals surface area contributed by atoms with Crippen LogP contribution in [0.3, 0.4) is 0 Å². The number of carbonyl (C=O) groups is 2. The largest absolute Gasteiger partial charge is 0.463 e. The molecule has 0 aromatic heterocycles. The van der Waals surface area contributed by atoms with Crippen molar-refractivity contribution in [1.82, 2.24) is 5.32 Å². The van der Waals surface area contributed by atoms with E-state index in [9.17, 15) is 24.9 Å². The second-order valence-electron chi connectivity index (χ2n) is 5.32. The minimum Gasteiger partial charge on any atom is -0.463 e. The first-order valence-corrected chi connectivity index (χ1v) is 7.54. The Morgan fingerprint density at radius 2 is 2.00 bits per heavy atom. The van der Waals surface area contributed by atoms with Crippen molar-refractivity contribution in [1.29, 1.82) is 0 Å². The molecular weight excluding hydrogens is 344 g/mol. The summed E-state index contributed by atoms with van der Waals surface area (Å²) in [7, 11) is 0. The lowest BCUT2D eigenvalue weighted by Crippen LogP contribution is -2.64. The van der Waals surface area contributed by atoms with Gasteiger partial charge in [-0.05, 0) is 19.4 Å². The van der Waals surface area contributed by atoms with E-state index in [4.69, 9.17) is 16.6 Å². The molecule has 1 saturated heterocycles. The Bertz CT molecular complexity index is 417. The number of carbonyl (C=O) groups excluding carboxylic acids is 2. The fraction of sp³-hybridized carbons (Fsp3) is 0.857. The third kappa shape index (κ3) is 6.88. The lowest BCUT2D eigenvalue weighted by atomic mass is 9.97. The maximum Gasteiger partial charge on any atom is 0.305 e. The van der Waals surface area contributed by atoms with Crippen molar-refractivity contribution < 1.29 is 35.8 Å². The normalized spacial score (nSPS) is 30.0. The molecule has 6 N–H and O–H groups in total. The zero-order valence-electron chi connectivity index (χ0n) is 14.3. The summed E-state index contributed by atoms with van der Waals surface area (Å²) in [5.74, 6) is -0.987. The number of halogens is 1. The highest BCUT2D eigenvalue weighted by molar-refractivity contribution is 5.85. The van der Waals surface area contributed by atoms with Crippen molar-refractivity contribution >= 4 is 24.3 Å². The Kier molecular flexibility index (Phi) is 10.2. The molecule has 1 aliphatic rings. The molecule has 1 heterocycles. The maximum absolute atomic E-state index is 11.6. The first-order valence-electron chi connectivity index (χ1n) is 8.25. The van der Waals surface area contributed by atoms with Crippen molar-refractivity contribution in [2.24, 2.45) is 5.73 Å². The van der Waals surface area contributed by atoms with E-state index in [1.54, 1.807) is 0 Å². The highest BCUT2D eigenvalue weighted by Crippen LogP contribution is 2.20. The van der Waals surface area contributed by atoms with E-state index >= 15 is 0 Å². The van der Waals surface area contributed by atoms with Crippen molar-refractivity contribution in [3.8, 4) is 0 Å². The van der Waals surface area contributed by atoms with Gasteiger partial charge in [-0.1, -0.05) is 6.90 Å². The van der Waals surface area contributed by atoms with E-state index in [0.29, 0.717) is 19.4 Å². The van der Waals surface area contributed by atoms with Crippen LogP contribution in [-0.4, -0.2) is 71.0 Å². The molecule has 1 fully saturated rings. The molecule has 0 saturated carbocycles. The van der Waals surface area contributed by atoms with E-state index in [0.717, 1.165) is 0 Å². The third-order valence-corrected chi connectivity index (χ3v) is 3.45. The minimum atomic E-state index is -1.56. The molecule has 1 amide bonds. The van der Waals surface area contributed by atoms with Gasteiger partial charge < -0.3 is 35.8 Å². The summed E-state index contributed by atoms with van der Waals surface area (Å²) in [5, 5.41) is 32.4. The summed E-state index contributed by atoms with van der Waals surface area (Å²) in [6.45, 7) is 0.0921. The number of ether oxygens (including phenoxy) is 2. The fourth-order valence-corrected chi connectivity index (χ4v) is 2.15. The molecule has 0 aromatic rings. The van der Waals surface area contributed by atoms with Gasteiger partial charge in [0.2, 0.25) is 5.91 Å². The maximum atomic E-state index is 11.6. The molecule has 0 aromatic carbocycles. The second-order valence-corrected chi connectivity index (χ2v) is 5.32. The van der Waals surface area contributed by atoms with Gasteiger partial charge in [-0.25, -0.2) is 0 Å². The molecule has 1 aliphatic heterocycles. The van der Waals surface area contributed by atoms with E-state index < -0.39 is 42.5 Å². The fourth-order valence-electron chi connectivity index (χ4n) is 2.15. The minimum absolute atomic E-state index is 0. The van der Waals surface area contributed by atoms with Crippen LogP contribution in [0.1, 0.15) is 34.0 Å². The lowest BCUT2D eigenvalue weighted by Gasteiger charge is -2.40. The van der Waals surface area contributed by atoms with Crippen molar-refractivity contribution in [3.63, 3.8) is 0 Å². The Hall–Kier alpha value is -0.970. The number of aliphatic hydroxyl groups excluding tert-OH is 3. The molecule has 0 spiro atoms. The van der Waals surface area contributed by atoms with Gasteiger partial charge in [-0.15, -0.1) is 12.4 Å². The number of hydrogen-bond donors (Lipinski definition) is 5. The number of esters is 1. The number of amides is 1. The van der Waals surface area contributed by atoms with Crippen LogP contribution >= 0.6 is 12.4 Å². The summed E-state index contributed by atoms with van der Waals surface area (Å²) in [4.78, 5) is 23.0. The lowest BCUT2D eigenvalue weighted by molar-refractivity contribution is -0.255. The first kappa shape index (κ1) is 21.1. The summed E-state index contributed by atoms with van der Waals surface area (Å²) in [5.41, 5.74) is 5.28. The predicted molar refractivity (Wildman–Crippen MR) is 86.2 cm³/mol. The molecule has 10 heteroatoms. The van der Waals surface area contributed by atoms with E-state index in [1.807, 2.05) is 0 Å². The summed E-state index contributed by atoms with van der Waals surface area (Å²) in [6.07, 6.45) is -4.61. The SMILES string of the molecule is Cl.[2H]CCCC(=O)N[C@H]1C(O)O[C@H](COC(=O)CCCN)[C@@H](O)[C@@H]1O. The Labute approximate surface area is 148 Å². The molecular formula is C14H27ClN2O7. The van der Waals surface area contributed by atoms with Gasteiger partial charge in [-0.3, -0.25) is 9.59 Å². The van der Waals surface area contributed by atoms with Crippen molar-refractivity contribution in [2.75, 3.05) is 13.2 Å². The second kappa shape index (κ2) is 11.6. The molecule has 5 atom stereocenters. The van der Waals surface area contributed by atoms with Gasteiger partial charge in [0, 0.05) is 14.2 Å². The molecule has 24 heavy (non-hydrogen) atoms. The van der Waals surface area contributed by atoms with Gasteiger partial charge >= 0.3 is 5.97 Å². The molecule has 9 nitrogen and oxygen atoms in total. The number of nitrogens with two attached hydrogens (primary N) is 1. The van der Waals surface area contributed by atoms with Gasteiger partial charge in [-0.2, -0.15) is 0 Å². The Morgan fingerprint density at radius 1 is 1.29 bits per heavy atom. The smallest absolute Gasteiger partial charge is 0.305 e. The number of aliphatic hydroxyl groups is 3. The molecule has 0 aliphatic carbocycles. The van der Waals surface area contributed by atoms with E-state index in [2.05, 4.69) is 5.32 Å². The van der Waals surface area contributed by atoms with Crippen LogP contribution in [0.25, 0.3) is 0 Å². The average Bonchev–Trinajstić information content (AvgIpc) is 2.56. The quantitative estimate of drug-likeness (QED) is 0.320. The van der Waals surface area contributed by atoms with Crippen LogP contribution in [0.15, 0.2) is 0 Å². The predicted octanol–water partition coefficient (Wildman–Crippen LogP) is -1.59. The Balaban J connectivity index is 0.00000576. The van der Waals surface area contributed by atoms with E-state index in [-0.39, 0.29) is 38.8 Å². The van der Waals surface area contributed by atoms with Crippen LogP contribution in [0.5, 0.6) is 0 Å². The molecule has 0 radical (unpaired) electrons. The first-order chi connectivity index (χ1) is 11.4. The van der Waals surface area contributed by atoms with Crippen LogP contribution in [0, 0.1) is 0 Å². The highest BCUT2D eigenvalue weighted by atomic mass is 35.5. The third-order valence-electron chi connectivity index (χ3n) is 3.45. The highest BCUT2D eigenvalue weighted by Gasteiger charge is 2.44. The van der Waals surface area contributed by atoms with Crippen LogP contribution in [0.2, 0.25) is 0 Å². The van der Waals surface area contributed by atoms with E-state index in [1.165, 1.54) is 0 Å². The van der Waals surface area contributed by atoms with Gasteiger partial charge in [0.1, 0.15) is 31.0 Å². The zero-order valence-corrected chi connectivity index (χ0v) is 14.1. The van der Waals surface area contributed by atoms with Gasteiger partial charge in [0.15, 0.2) is 6.29 Å². The molecule has 1 rings (SSSR count). The summed E-state index contributed by atoms with van der Waals surface area (Å²) < 4.78 is 17.0. The van der Waals surface area contributed by atoms with Gasteiger partial charge in [0.25, 0.3) is 0 Å². The Morgan fingerprint density at radius 3 is 2.62 bits per heavy atom. The molecule has 142 valence electrons. The summed E-state index contributed by atoms with van der Waals surface area (Å²) in [6, 6.07) is -1.21. The monoisotopic (exact) mass is 371 g/mol. The van der Waals surface area contributed by atoms with Crippen LogP contribution in [-0.2, 0) is 19.1 Å². The topological polar surface area (TPSA) is 151 Å². The molecule has 0 bridgehead atoms. The number of nitrogens with one attached hydrogen (secondary N) is 1. The summed E-state index contributed by atoms with van der Waals surface area (Å²) >= 11 is 0. The average molecular weight is 372 g/mol.